The van der Waals surface area contributed by atoms with Crippen molar-refractivity contribution in [3.8, 4) is 11.3 Å². The molecule has 0 bridgehead atoms. The zero-order valence-electron chi connectivity index (χ0n) is 20.3. The molecule has 9 nitrogen and oxygen atoms in total. The standard InChI is InChI=1S/C24H28F3N5O4/c1-23(2,3)36-22(34)31-11-8-13(9-12-31)32-16-6-4-5-14(16)18(30-32)15-7-10-28-20-17(15)19(24(25,26)27)35-21(33)29-20/h7,10,13,19H,4-6,8-9,11-12H2,1-3H3,(H,28,29,33)/t19-/m1/s1. The van der Waals surface area contributed by atoms with Crippen molar-refractivity contribution in [2.45, 2.75) is 76.8 Å². The maximum atomic E-state index is 13.9. The van der Waals surface area contributed by atoms with Crippen molar-refractivity contribution in [1.29, 1.82) is 0 Å². The van der Waals surface area contributed by atoms with E-state index in [-0.39, 0.29) is 29.1 Å². The minimum Gasteiger partial charge on any atom is -0.444 e. The monoisotopic (exact) mass is 507 g/mol. The van der Waals surface area contributed by atoms with Gasteiger partial charge >= 0.3 is 18.4 Å². The van der Waals surface area contributed by atoms with Gasteiger partial charge in [-0.05, 0) is 58.9 Å². The number of cyclic esters (lactones) is 1. The maximum absolute atomic E-state index is 13.9. The highest BCUT2D eigenvalue weighted by Gasteiger charge is 2.49. The molecule has 2 aliphatic heterocycles. The molecule has 0 aromatic carbocycles. The quantitative estimate of drug-likeness (QED) is 0.602. The summed E-state index contributed by atoms with van der Waals surface area (Å²) in [5.41, 5.74) is 1.83. The van der Waals surface area contributed by atoms with E-state index in [1.807, 2.05) is 25.5 Å². The Bertz CT molecular complexity index is 1200. The molecule has 0 spiro atoms. The summed E-state index contributed by atoms with van der Waals surface area (Å²) in [5.74, 6) is -0.168. The number of anilines is 1. The van der Waals surface area contributed by atoms with Gasteiger partial charge in [-0.15, -0.1) is 0 Å². The number of pyridine rings is 1. The number of aromatic nitrogens is 3. The summed E-state index contributed by atoms with van der Waals surface area (Å²) in [4.78, 5) is 29.8. The summed E-state index contributed by atoms with van der Waals surface area (Å²) in [6, 6.07) is 1.51. The second-order valence-electron chi connectivity index (χ2n) is 10.3. The number of amides is 2. The molecule has 0 radical (unpaired) electrons. The van der Waals surface area contributed by atoms with Crippen LogP contribution < -0.4 is 5.32 Å². The Morgan fingerprint density at radius 3 is 2.58 bits per heavy atom. The van der Waals surface area contributed by atoms with E-state index in [2.05, 4.69) is 15.0 Å². The lowest BCUT2D eigenvalue weighted by Gasteiger charge is -2.34. The average molecular weight is 508 g/mol. The van der Waals surface area contributed by atoms with E-state index in [0.29, 0.717) is 38.0 Å². The van der Waals surface area contributed by atoms with Gasteiger partial charge in [0.25, 0.3) is 0 Å². The number of rotatable bonds is 2. The number of alkyl halides is 3. The number of piperidine rings is 1. The third kappa shape index (κ3) is 4.48. The Kier molecular flexibility index (Phi) is 5.87. The van der Waals surface area contributed by atoms with E-state index in [1.54, 1.807) is 4.90 Å². The van der Waals surface area contributed by atoms with Gasteiger partial charge in [-0.1, -0.05) is 0 Å². The fraction of sp³-hybridized carbons (Fsp3) is 0.583. The first-order valence-electron chi connectivity index (χ1n) is 12.0. The minimum absolute atomic E-state index is 0.0105. The third-order valence-electron chi connectivity index (χ3n) is 6.67. The molecule has 3 aliphatic rings. The molecule has 0 unspecified atom stereocenters. The Hall–Kier alpha value is -3.31. The molecule has 194 valence electrons. The summed E-state index contributed by atoms with van der Waals surface area (Å²) in [6.07, 6.45) is -3.74. The summed E-state index contributed by atoms with van der Waals surface area (Å²) in [5, 5.41) is 7.10. The smallest absolute Gasteiger partial charge is 0.430 e. The highest BCUT2D eigenvalue weighted by molar-refractivity contribution is 5.89. The number of hydrogen-bond acceptors (Lipinski definition) is 6. The first-order chi connectivity index (χ1) is 16.9. The van der Waals surface area contributed by atoms with Crippen molar-refractivity contribution in [2.24, 2.45) is 0 Å². The number of carbonyl (C=O) groups is 2. The van der Waals surface area contributed by atoms with Gasteiger partial charge in [0, 0.05) is 36.1 Å². The number of halogens is 3. The lowest BCUT2D eigenvalue weighted by molar-refractivity contribution is -0.206. The molecule has 0 saturated carbocycles. The number of nitrogens with zero attached hydrogens (tertiary/aromatic N) is 4. The van der Waals surface area contributed by atoms with Crippen LogP contribution in [0.1, 0.15) is 69.0 Å². The molecule has 12 heteroatoms. The highest BCUT2D eigenvalue weighted by Crippen LogP contribution is 2.47. The second-order valence-corrected chi connectivity index (χ2v) is 10.3. The molecule has 2 aromatic rings. The lowest BCUT2D eigenvalue weighted by atomic mass is 9.97. The zero-order valence-corrected chi connectivity index (χ0v) is 20.3. The van der Waals surface area contributed by atoms with E-state index in [0.717, 1.165) is 24.1 Å². The number of nitrogens with one attached hydrogen (secondary N) is 1. The van der Waals surface area contributed by atoms with Gasteiger partial charge < -0.3 is 14.4 Å². The summed E-state index contributed by atoms with van der Waals surface area (Å²) in [6.45, 7) is 6.48. The minimum atomic E-state index is -4.80. The van der Waals surface area contributed by atoms with Crippen LogP contribution in [0.3, 0.4) is 0 Å². The molecular weight excluding hydrogens is 479 g/mol. The molecule has 1 fully saturated rings. The van der Waals surface area contributed by atoms with Gasteiger partial charge in [0.2, 0.25) is 6.10 Å². The Morgan fingerprint density at radius 1 is 1.19 bits per heavy atom. The molecule has 1 atom stereocenters. The van der Waals surface area contributed by atoms with Crippen LogP contribution in [0, 0.1) is 0 Å². The Balaban J connectivity index is 1.46. The van der Waals surface area contributed by atoms with E-state index in [1.165, 1.54) is 12.3 Å². The zero-order chi connectivity index (χ0) is 25.8. The topological polar surface area (TPSA) is 98.6 Å². The van der Waals surface area contributed by atoms with Crippen LogP contribution in [0.4, 0.5) is 28.6 Å². The lowest BCUT2D eigenvalue weighted by Crippen LogP contribution is -2.42. The number of likely N-dealkylation sites (tertiary alicyclic amines) is 1. The molecular formula is C24H28F3N5O4. The molecule has 1 aliphatic carbocycles. The van der Waals surface area contributed by atoms with E-state index in [9.17, 15) is 22.8 Å². The van der Waals surface area contributed by atoms with E-state index < -0.39 is 24.0 Å². The van der Waals surface area contributed by atoms with Gasteiger partial charge in [-0.3, -0.25) is 10.00 Å². The van der Waals surface area contributed by atoms with Gasteiger partial charge in [-0.2, -0.15) is 18.3 Å². The molecule has 4 heterocycles. The number of hydrogen-bond donors (Lipinski definition) is 1. The van der Waals surface area contributed by atoms with E-state index >= 15 is 0 Å². The molecule has 1 N–H and O–H groups in total. The Morgan fingerprint density at radius 2 is 1.92 bits per heavy atom. The van der Waals surface area contributed by atoms with Gasteiger partial charge in [0.1, 0.15) is 11.4 Å². The first kappa shape index (κ1) is 24.4. The van der Waals surface area contributed by atoms with Crippen LogP contribution in [-0.2, 0) is 22.3 Å². The van der Waals surface area contributed by atoms with Crippen molar-refractivity contribution in [1.82, 2.24) is 19.7 Å². The molecule has 36 heavy (non-hydrogen) atoms. The SMILES string of the molecule is CC(C)(C)OC(=O)N1CCC(n2nc(-c3ccnc4c3[C@H](C(F)(F)F)OC(=O)N4)c3c2CCC3)CC1. The number of fused-ring (bicyclic) bond motifs is 2. The van der Waals surface area contributed by atoms with E-state index in [4.69, 9.17) is 9.84 Å². The predicted octanol–water partition coefficient (Wildman–Crippen LogP) is 5.17. The molecule has 2 amide bonds. The van der Waals surface area contributed by atoms with Crippen LogP contribution in [0.5, 0.6) is 0 Å². The fourth-order valence-electron chi connectivity index (χ4n) is 5.17. The van der Waals surface area contributed by atoms with Crippen LogP contribution in [-0.4, -0.2) is 56.7 Å². The molecule has 1 saturated heterocycles. The summed E-state index contributed by atoms with van der Waals surface area (Å²) in [7, 11) is 0. The van der Waals surface area contributed by atoms with Crippen molar-refractivity contribution in [3.05, 3.63) is 29.1 Å². The van der Waals surface area contributed by atoms with Crippen LogP contribution in [0.15, 0.2) is 12.3 Å². The fourth-order valence-corrected chi connectivity index (χ4v) is 5.17. The molecule has 2 aromatic heterocycles. The van der Waals surface area contributed by atoms with Gasteiger partial charge in [-0.25, -0.2) is 14.6 Å². The highest BCUT2D eigenvalue weighted by atomic mass is 19.4. The van der Waals surface area contributed by atoms with Crippen LogP contribution >= 0.6 is 0 Å². The van der Waals surface area contributed by atoms with Gasteiger partial charge in [0.15, 0.2) is 0 Å². The normalized spacial score (nSPS) is 20.4. The van der Waals surface area contributed by atoms with Crippen molar-refractivity contribution in [2.75, 3.05) is 18.4 Å². The van der Waals surface area contributed by atoms with Crippen molar-refractivity contribution in [3.63, 3.8) is 0 Å². The molecule has 5 rings (SSSR count). The Labute approximate surface area is 205 Å². The van der Waals surface area contributed by atoms with Crippen LogP contribution in [0.2, 0.25) is 0 Å². The maximum Gasteiger partial charge on any atom is 0.430 e. The predicted molar refractivity (Wildman–Crippen MR) is 122 cm³/mol. The third-order valence-corrected chi connectivity index (χ3v) is 6.67. The summed E-state index contributed by atoms with van der Waals surface area (Å²) >= 11 is 0. The largest absolute Gasteiger partial charge is 0.444 e. The van der Waals surface area contributed by atoms with Crippen molar-refractivity contribution >= 4 is 18.0 Å². The van der Waals surface area contributed by atoms with Gasteiger partial charge in [0.05, 0.1) is 17.3 Å². The van der Waals surface area contributed by atoms with Crippen LogP contribution in [0.25, 0.3) is 11.3 Å². The first-order valence-corrected chi connectivity index (χ1v) is 12.0. The second kappa shape index (κ2) is 8.67. The number of ether oxygens (including phenoxy) is 2. The summed E-state index contributed by atoms with van der Waals surface area (Å²) < 4.78 is 53.7. The van der Waals surface area contributed by atoms with Crippen molar-refractivity contribution < 1.29 is 32.2 Å². The number of carbonyl (C=O) groups excluding carboxylic acids is 2. The average Bonchev–Trinajstić information content (AvgIpc) is 3.39.